The van der Waals surface area contributed by atoms with Crippen LogP contribution in [0.15, 0.2) is 16.7 Å². The van der Waals surface area contributed by atoms with E-state index in [1.165, 1.54) is 0 Å². The molecule has 0 unspecified atom stereocenters. The Kier molecular flexibility index (Phi) is 3.43. The van der Waals surface area contributed by atoms with Gasteiger partial charge in [0.15, 0.2) is 0 Å². The minimum Gasteiger partial charge on any atom is -0.479 e. The van der Waals surface area contributed by atoms with Crippen LogP contribution in [-0.4, -0.2) is 38.4 Å². The maximum atomic E-state index is 5.31. The minimum atomic E-state index is 0.659. The molecule has 0 bridgehead atoms. The van der Waals surface area contributed by atoms with E-state index in [4.69, 9.17) is 9.47 Å². The molecule has 0 N–H and O–H groups in total. The van der Waals surface area contributed by atoms with E-state index in [2.05, 4.69) is 25.8 Å². The van der Waals surface area contributed by atoms with E-state index >= 15 is 0 Å². The van der Waals surface area contributed by atoms with Crippen LogP contribution in [-0.2, 0) is 4.74 Å². The molecule has 0 radical (unpaired) electrons. The summed E-state index contributed by atoms with van der Waals surface area (Å²) in [5.74, 6) is 0.659. The van der Waals surface area contributed by atoms with Crippen molar-refractivity contribution < 1.29 is 9.47 Å². The van der Waals surface area contributed by atoms with Crippen molar-refractivity contribution in [1.82, 2.24) is 4.98 Å². The van der Waals surface area contributed by atoms with Gasteiger partial charge in [0.05, 0.1) is 20.3 Å². The van der Waals surface area contributed by atoms with Crippen LogP contribution in [0.3, 0.4) is 0 Å². The minimum absolute atomic E-state index is 0.659. The molecule has 1 aliphatic rings. The first-order valence-electron chi connectivity index (χ1n) is 4.84. The van der Waals surface area contributed by atoms with Crippen molar-refractivity contribution in [1.29, 1.82) is 0 Å². The third-order valence-corrected chi connectivity index (χ3v) is 2.79. The van der Waals surface area contributed by atoms with Crippen molar-refractivity contribution in [3.63, 3.8) is 0 Å². The maximum Gasteiger partial charge on any atom is 0.238 e. The smallest absolute Gasteiger partial charge is 0.238 e. The molecule has 1 fully saturated rings. The Hall–Kier alpha value is -0.810. The molecule has 0 saturated carbocycles. The first kappa shape index (κ1) is 10.7. The van der Waals surface area contributed by atoms with Crippen LogP contribution in [0.1, 0.15) is 0 Å². The zero-order valence-corrected chi connectivity index (χ0v) is 10.2. The van der Waals surface area contributed by atoms with E-state index < -0.39 is 0 Å². The van der Waals surface area contributed by atoms with E-state index in [0.717, 1.165) is 36.6 Å². The van der Waals surface area contributed by atoms with Gasteiger partial charge in [0.1, 0.15) is 10.3 Å². The lowest BCUT2D eigenvalue weighted by atomic mass is 10.3. The topological polar surface area (TPSA) is 34.6 Å². The Morgan fingerprint density at radius 1 is 1.40 bits per heavy atom. The highest BCUT2D eigenvalue weighted by atomic mass is 79.9. The van der Waals surface area contributed by atoms with Gasteiger partial charge in [0.2, 0.25) is 5.88 Å². The molecule has 1 aromatic rings. The van der Waals surface area contributed by atoms with E-state index in [1.54, 1.807) is 7.11 Å². The molecule has 0 aromatic carbocycles. The Balaban J connectivity index is 2.25. The molecular weight excluding hydrogens is 260 g/mol. The third kappa shape index (κ3) is 2.41. The fourth-order valence-corrected chi connectivity index (χ4v) is 1.90. The van der Waals surface area contributed by atoms with E-state index in [1.807, 2.05) is 12.1 Å². The molecule has 4 nitrogen and oxygen atoms in total. The van der Waals surface area contributed by atoms with Gasteiger partial charge in [-0.15, -0.1) is 0 Å². The van der Waals surface area contributed by atoms with Gasteiger partial charge in [0.25, 0.3) is 0 Å². The van der Waals surface area contributed by atoms with Crippen LogP contribution in [0.4, 0.5) is 5.69 Å². The average Bonchev–Trinajstić information content (AvgIpc) is 2.30. The first-order valence-corrected chi connectivity index (χ1v) is 5.64. The molecule has 1 aromatic heterocycles. The van der Waals surface area contributed by atoms with Gasteiger partial charge in [-0.1, -0.05) is 0 Å². The predicted molar refractivity (Wildman–Crippen MR) is 61.5 cm³/mol. The van der Waals surface area contributed by atoms with Gasteiger partial charge >= 0.3 is 0 Å². The number of hydrogen-bond acceptors (Lipinski definition) is 4. The molecule has 1 aliphatic heterocycles. The summed E-state index contributed by atoms with van der Waals surface area (Å²) in [6, 6.07) is 3.94. The summed E-state index contributed by atoms with van der Waals surface area (Å²) in [7, 11) is 1.64. The summed E-state index contributed by atoms with van der Waals surface area (Å²) in [4.78, 5) is 6.50. The molecule has 1 saturated heterocycles. The Bertz CT molecular complexity index is 340. The standard InChI is InChI=1S/C10H13BrN2O2/c1-14-10-8(2-3-9(11)12-10)13-4-6-15-7-5-13/h2-3H,4-7H2,1H3. The highest BCUT2D eigenvalue weighted by Gasteiger charge is 2.16. The maximum absolute atomic E-state index is 5.31. The van der Waals surface area contributed by atoms with Crippen molar-refractivity contribution in [2.75, 3.05) is 38.3 Å². The van der Waals surface area contributed by atoms with Gasteiger partial charge in [-0.25, -0.2) is 4.98 Å². The number of methoxy groups -OCH3 is 1. The number of hydrogen-bond donors (Lipinski definition) is 0. The molecule has 82 valence electrons. The van der Waals surface area contributed by atoms with Crippen molar-refractivity contribution >= 4 is 21.6 Å². The number of ether oxygens (including phenoxy) is 2. The Morgan fingerprint density at radius 2 is 2.13 bits per heavy atom. The lowest BCUT2D eigenvalue weighted by molar-refractivity contribution is 0.122. The van der Waals surface area contributed by atoms with Crippen molar-refractivity contribution in [2.45, 2.75) is 0 Å². The predicted octanol–water partition coefficient (Wildman–Crippen LogP) is 1.69. The molecular formula is C10H13BrN2O2. The zero-order chi connectivity index (χ0) is 10.7. The van der Waals surface area contributed by atoms with Crippen LogP contribution in [0, 0.1) is 0 Å². The summed E-state index contributed by atoms with van der Waals surface area (Å²) in [5, 5.41) is 0. The molecule has 0 atom stereocenters. The second-order valence-corrected chi connectivity index (χ2v) is 4.07. The van der Waals surface area contributed by atoms with Crippen molar-refractivity contribution in [3.8, 4) is 5.88 Å². The van der Waals surface area contributed by atoms with Gasteiger partial charge in [0, 0.05) is 13.1 Å². The molecule has 2 heterocycles. The largest absolute Gasteiger partial charge is 0.479 e. The molecule has 2 rings (SSSR count). The second kappa shape index (κ2) is 4.81. The number of pyridine rings is 1. The van der Waals surface area contributed by atoms with Crippen molar-refractivity contribution in [2.24, 2.45) is 0 Å². The second-order valence-electron chi connectivity index (χ2n) is 3.26. The van der Waals surface area contributed by atoms with Crippen LogP contribution in [0.25, 0.3) is 0 Å². The highest BCUT2D eigenvalue weighted by Crippen LogP contribution is 2.28. The van der Waals surface area contributed by atoms with E-state index in [9.17, 15) is 0 Å². The van der Waals surface area contributed by atoms with Crippen LogP contribution in [0.2, 0.25) is 0 Å². The first-order chi connectivity index (χ1) is 7.31. The molecule has 0 spiro atoms. The van der Waals surface area contributed by atoms with E-state index in [-0.39, 0.29) is 0 Å². The number of anilines is 1. The number of aromatic nitrogens is 1. The third-order valence-electron chi connectivity index (χ3n) is 2.35. The molecule has 0 amide bonds. The quantitative estimate of drug-likeness (QED) is 0.768. The summed E-state index contributed by atoms with van der Waals surface area (Å²) >= 11 is 3.33. The summed E-state index contributed by atoms with van der Waals surface area (Å²) in [6.45, 7) is 3.30. The summed E-state index contributed by atoms with van der Waals surface area (Å²) in [5.41, 5.74) is 1.03. The van der Waals surface area contributed by atoms with Crippen molar-refractivity contribution in [3.05, 3.63) is 16.7 Å². The summed E-state index contributed by atoms with van der Waals surface area (Å²) in [6.07, 6.45) is 0. The van der Waals surface area contributed by atoms with Crippen LogP contribution >= 0.6 is 15.9 Å². The SMILES string of the molecule is COc1nc(Br)ccc1N1CCOCC1. The Morgan fingerprint density at radius 3 is 2.80 bits per heavy atom. The fourth-order valence-electron chi connectivity index (χ4n) is 1.61. The van der Waals surface area contributed by atoms with Crippen LogP contribution < -0.4 is 9.64 Å². The fraction of sp³-hybridized carbons (Fsp3) is 0.500. The van der Waals surface area contributed by atoms with Gasteiger partial charge in [-0.3, -0.25) is 0 Å². The molecule has 5 heteroatoms. The zero-order valence-electron chi connectivity index (χ0n) is 8.57. The summed E-state index contributed by atoms with van der Waals surface area (Å²) < 4.78 is 11.4. The number of rotatable bonds is 2. The van der Waals surface area contributed by atoms with Crippen LogP contribution in [0.5, 0.6) is 5.88 Å². The van der Waals surface area contributed by atoms with E-state index in [0.29, 0.717) is 5.88 Å². The number of nitrogens with zero attached hydrogens (tertiary/aromatic N) is 2. The lowest BCUT2D eigenvalue weighted by Crippen LogP contribution is -2.36. The average molecular weight is 273 g/mol. The Labute approximate surface area is 97.3 Å². The molecule has 15 heavy (non-hydrogen) atoms. The number of halogens is 1. The lowest BCUT2D eigenvalue weighted by Gasteiger charge is -2.29. The molecule has 0 aliphatic carbocycles. The van der Waals surface area contributed by atoms with Gasteiger partial charge in [-0.05, 0) is 28.1 Å². The number of morpholine rings is 1. The monoisotopic (exact) mass is 272 g/mol. The highest BCUT2D eigenvalue weighted by molar-refractivity contribution is 9.10. The van der Waals surface area contributed by atoms with Gasteiger partial charge in [-0.2, -0.15) is 0 Å². The normalized spacial score (nSPS) is 16.5. The van der Waals surface area contributed by atoms with Gasteiger partial charge < -0.3 is 14.4 Å².